The molecular weight excluding hydrogens is 504 g/mol. The third-order valence-corrected chi connectivity index (χ3v) is 3.39. The monoisotopic (exact) mass is 524 g/mol. The van der Waals surface area contributed by atoms with E-state index in [9.17, 15) is 28.8 Å². The first-order valence-electron chi connectivity index (χ1n) is 7.65. The predicted molar refractivity (Wildman–Crippen MR) is 96.4 cm³/mol. The zero-order valence-electron chi connectivity index (χ0n) is 15.3. The highest BCUT2D eigenvalue weighted by Gasteiger charge is 2.37. The molecule has 5 atom stereocenters. The van der Waals surface area contributed by atoms with Gasteiger partial charge >= 0.3 is 35.8 Å². The Morgan fingerprint density at radius 2 is 0.839 bits per heavy atom. The van der Waals surface area contributed by atoms with Crippen LogP contribution in [-0.2, 0) is 28.8 Å². The Morgan fingerprint density at radius 3 is 0.968 bits per heavy atom. The summed E-state index contributed by atoms with van der Waals surface area (Å²) in [7, 11) is 0. The Hall–Kier alpha value is -2.86. The Balaban J connectivity index is -0.000000401. The summed E-state index contributed by atoms with van der Waals surface area (Å²) in [5, 5.41) is 83.4. The zero-order valence-corrected chi connectivity index (χ0v) is 16.9. The van der Waals surface area contributed by atoms with Gasteiger partial charge in [0.1, 0.15) is 17.0 Å². The van der Waals surface area contributed by atoms with Crippen LogP contribution in [-0.4, -0.2) is 116 Å². The number of halogens is 1. The van der Waals surface area contributed by atoms with Gasteiger partial charge < -0.3 is 51.1 Å². The van der Waals surface area contributed by atoms with E-state index in [1.165, 1.54) is 0 Å². The van der Waals surface area contributed by atoms with Crippen LogP contribution in [0.25, 0.3) is 0 Å². The largest absolute Gasteiger partial charge is 0.481 e. The first-order valence-corrected chi connectivity index (χ1v) is 8.57. The lowest BCUT2D eigenvalue weighted by Crippen LogP contribution is -2.49. The molecule has 0 fully saturated rings. The summed E-state index contributed by atoms with van der Waals surface area (Å²) in [6, 6.07) is 0. The molecule has 0 spiro atoms. The lowest BCUT2D eigenvalue weighted by molar-refractivity contribution is -0.172. The van der Waals surface area contributed by atoms with Crippen molar-refractivity contribution in [3.8, 4) is 0 Å². The summed E-state index contributed by atoms with van der Waals surface area (Å²) in [5.74, 6) is -8.11. The number of hydrogen-bond acceptors (Lipinski definition) is 10. The van der Waals surface area contributed by atoms with Crippen molar-refractivity contribution in [3.63, 3.8) is 0 Å². The Bertz CT molecular complexity index is 596. The van der Waals surface area contributed by atoms with Crippen molar-refractivity contribution in [1.82, 2.24) is 0 Å². The van der Waals surface area contributed by atoms with Crippen molar-refractivity contribution in [2.75, 3.05) is 0 Å². The van der Waals surface area contributed by atoms with Gasteiger partial charge in [-0.2, -0.15) is 0 Å². The maximum absolute atomic E-state index is 10.1. The normalized spacial score (nSPS) is 14.6. The second kappa shape index (κ2) is 16.9. The average Bonchev–Trinajstić information content (AvgIpc) is 2.64. The average molecular weight is 525 g/mol. The van der Waals surface area contributed by atoms with Crippen LogP contribution in [0.1, 0.15) is 19.3 Å². The number of aliphatic hydroxyl groups is 4. The van der Waals surface area contributed by atoms with Crippen LogP contribution in [0.2, 0.25) is 0 Å². The van der Waals surface area contributed by atoms with Gasteiger partial charge in [0.05, 0.1) is 19.3 Å². The van der Waals surface area contributed by atoms with Crippen molar-refractivity contribution in [1.29, 1.82) is 0 Å². The quantitative estimate of drug-likeness (QED) is 0.119. The van der Waals surface area contributed by atoms with Gasteiger partial charge in [-0.25, -0.2) is 9.59 Å². The van der Waals surface area contributed by atoms with Crippen LogP contribution in [0, 0.1) is 0 Å². The third kappa shape index (κ3) is 18.9. The molecular formula is C14H21BrO16. The fourth-order valence-corrected chi connectivity index (χ4v) is 1.40. The van der Waals surface area contributed by atoms with E-state index in [0.717, 1.165) is 0 Å². The molecule has 0 aliphatic rings. The predicted octanol–water partition coefficient (Wildman–Crippen LogP) is -3.16. The smallest absolute Gasteiger partial charge is 0.335 e. The standard InChI is InChI=1S/C6H10O8.C4H5BrO4.C4H6O4/c7-1(3(9)5(11)12)2(8)4(10)6(13)14;5-2(4(8)9)1-3(6)7;5-3(6)1-2-4(7)8/h1-4,7-10H,(H,11,12)(H,13,14);2H,1H2,(H,6,7)(H,8,9);1-2H2,(H,5,6)(H,7,8)/t1-,2-,3-,4+;;/m0../s1. The van der Waals surface area contributed by atoms with E-state index < -0.39 is 71.5 Å². The highest BCUT2D eigenvalue weighted by atomic mass is 79.9. The van der Waals surface area contributed by atoms with Crippen LogP contribution in [0.4, 0.5) is 0 Å². The van der Waals surface area contributed by atoms with Crippen molar-refractivity contribution in [3.05, 3.63) is 0 Å². The lowest BCUT2D eigenvalue weighted by Gasteiger charge is -2.21. The fraction of sp³-hybridized carbons (Fsp3) is 0.571. The molecule has 0 aliphatic heterocycles. The van der Waals surface area contributed by atoms with Crippen LogP contribution in [0.5, 0.6) is 0 Å². The van der Waals surface area contributed by atoms with Crippen LogP contribution in [0.15, 0.2) is 0 Å². The Kier molecular flexibility index (Phi) is 17.9. The second-order valence-electron chi connectivity index (χ2n) is 5.24. The third-order valence-electron chi connectivity index (χ3n) is 2.68. The van der Waals surface area contributed by atoms with E-state index in [1.54, 1.807) is 0 Å². The maximum atomic E-state index is 10.1. The minimum Gasteiger partial charge on any atom is -0.481 e. The molecule has 16 nitrogen and oxygen atoms in total. The first-order chi connectivity index (χ1) is 13.9. The minimum atomic E-state index is -2.36. The molecule has 0 bridgehead atoms. The highest BCUT2D eigenvalue weighted by Crippen LogP contribution is 2.05. The molecule has 0 amide bonds. The summed E-state index contributed by atoms with van der Waals surface area (Å²) in [4.78, 5) is 58.2. The van der Waals surface area contributed by atoms with Gasteiger partial charge in [-0.1, -0.05) is 15.9 Å². The minimum absolute atomic E-state index is 0.296. The van der Waals surface area contributed by atoms with Gasteiger partial charge in [0.2, 0.25) is 0 Å². The molecule has 0 saturated heterocycles. The summed E-state index contributed by atoms with van der Waals surface area (Å²) in [6.07, 6.45) is -10.3. The van der Waals surface area contributed by atoms with Gasteiger partial charge in [0, 0.05) is 0 Å². The molecule has 0 rings (SSSR count). The number of carboxylic acid groups (broad SMARTS) is 6. The molecule has 17 heteroatoms. The summed E-state index contributed by atoms with van der Waals surface area (Å²) >= 11 is 2.66. The SMILES string of the molecule is O=C(O)CC(Br)C(=O)O.O=C(O)CCC(=O)O.O=C(O)[C@@H](O)[C@@H](O)[C@H](O)[C@@H](O)C(=O)O. The number of aliphatic hydroxyl groups excluding tert-OH is 4. The van der Waals surface area contributed by atoms with Crippen molar-refractivity contribution >= 4 is 51.7 Å². The molecule has 0 aliphatic carbocycles. The molecule has 0 aromatic rings. The van der Waals surface area contributed by atoms with E-state index in [2.05, 4.69) is 15.9 Å². The molecule has 0 saturated carbocycles. The fourth-order valence-electron chi connectivity index (χ4n) is 1.12. The number of hydrogen-bond donors (Lipinski definition) is 10. The molecule has 1 unspecified atom stereocenters. The second-order valence-corrected chi connectivity index (χ2v) is 6.34. The Labute approximate surface area is 180 Å². The van der Waals surface area contributed by atoms with E-state index in [4.69, 9.17) is 51.1 Å². The number of rotatable bonds is 11. The van der Waals surface area contributed by atoms with Gasteiger partial charge in [-0.15, -0.1) is 0 Å². The number of alkyl halides is 1. The molecule has 10 N–H and O–H groups in total. The van der Waals surface area contributed by atoms with Crippen molar-refractivity contribution < 1.29 is 79.8 Å². The molecule has 31 heavy (non-hydrogen) atoms. The van der Waals surface area contributed by atoms with Gasteiger partial charge in [0.15, 0.2) is 12.2 Å². The highest BCUT2D eigenvalue weighted by molar-refractivity contribution is 9.10. The molecule has 180 valence electrons. The van der Waals surface area contributed by atoms with E-state index >= 15 is 0 Å². The van der Waals surface area contributed by atoms with Crippen LogP contribution < -0.4 is 0 Å². The van der Waals surface area contributed by atoms with Gasteiger partial charge in [0.25, 0.3) is 0 Å². The summed E-state index contributed by atoms with van der Waals surface area (Å²) < 4.78 is 0. The van der Waals surface area contributed by atoms with Crippen molar-refractivity contribution in [2.45, 2.75) is 48.5 Å². The zero-order chi connectivity index (χ0) is 25.5. The van der Waals surface area contributed by atoms with Gasteiger partial charge in [-0.3, -0.25) is 19.2 Å². The van der Waals surface area contributed by atoms with E-state index in [1.807, 2.05) is 0 Å². The maximum Gasteiger partial charge on any atom is 0.335 e. The van der Waals surface area contributed by atoms with E-state index in [0.29, 0.717) is 0 Å². The van der Waals surface area contributed by atoms with E-state index in [-0.39, 0.29) is 12.8 Å². The molecule has 0 radical (unpaired) electrons. The van der Waals surface area contributed by atoms with Crippen LogP contribution >= 0.6 is 15.9 Å². The van der Waals surface area contributed by atoms with Crippen molar-refractivity contribution in [2.24, 2.45) is 0 Å². The Morgan fingerprint density at radius 1 is 0.548 bits per heavy atom. The summed E-state index contributed by atoms with van der Waals surface area (Å²) in [5.41, 5.74) is 0. The summed E-state index contributed by atoms with van der Waals surface area (Å²) in [6.45, 7) is 0. The number of aliphatic carboxylic acids is 6. The number of carbonyl (C=O) groups is 6. The number of carboxylic acids is 6. The molecule has 0 aromatic carbocycles. The molecule has 0 heterocycles. The molecule has 0 aromatic heterocycles. The van der Waals surface area contributed by atoms with Gasteiger partial charge in [-0.05, 0) is 0 Å². The lowest BCUT2D eigenvalue weighted by atomic mass is 10.0. The van der Waals surface area contributed by atoms with Crippen LogP contribution in [0.3, 0.4) is 0 Å². The topological polar surface area (TPSA) is 305 Å². The first kappa shape index (κ1) is 32.8.